The molecule has 13 nitrogen and oxygen atoms in total. The molecule has 2 aromatic rings. The fraction of sp³-hybridized carbons (Fsp3) is 0.455. The number of benzene rings is 2. The van der Waals surface area contributed by atoms with Crippen LogP contribution >= 0.6 is 12.4 Å². The number of esters is 2. The van der Waals surface area contributed by atoms with Crippen molar-refractivity contribution in [3.8, 4) is 11.5 Å². The van der Waals surface area contributed by atoms with Gasteiger partial charge in [0.25, 0.3) is 0 Å². The Kier molecular flexibility index (Phi) is 9.56. The van der Waals surface area contributed by atoms with Crippen LogP contribution in [0.4, 0.5) is 0 Å². The standard InChI is InChI=1S/C33H36N2O11.ClH/c1-35-15-13-32-26-19-8-9-21(43-2)28(26)46-29(32)22(10-12-33(32,42)23(35)16-19)44-31(41)27(18-6-4-3-5-7-18)45-25(38)11-14-34-24(37)17-20(36)30(39)40;/h3-10,20,23,27,29,36,42H,11-17H2,1-2H3,(H,34,37)(H,39,40);1H/t20?,23-,27?,29+,32+,33-;/m1./s1. The molecule has 2 heterocycles. The molecular formula is C33H37ClN2O11. The second-order valence-corrected chi connectivity index (χ2v) is 12.1. The summed E-state index contributed by atoms with van der Waals surface area (Å²) < 4.78 is 23.8. The van der Waals surface area contributed by atoms with Crippen LogP contribution in [0, 0.1) is 0 Å². The van der Waals surface area contributed by atoms with Gasteiger partial charge < -0.3 is 44.5 Å². The smallest absolute Gasteiger partial charge is 0.357 e. The quantitative estimate of drug-likeness (QED) is 0.253. The zero-order valence-electron chi connectivity index (χ0n) is 25.8. The molecule has 2 bridgehead atoms. The van der Waals surface area contributed by atoms with E-state index in [1.165, 1.54) is 0 Å². The Labute approximate surface area is 276 Å². The Morgan fingerprint density at radius 2 is 1.89 bits per heavy atom. The first kappa shape index (κ1) is 34.2. The summed E-state index contributed by atoms with van der Waals surface area (Å²) >= 11 is 0. The monoisotopic (exact) mass is 672 g/mol. The summed E-state index contributed by atoms with van der Waals surface area (Å²) in [6.07, 6.45) is -2.08. The number of halogens is 1. The minimum absolute atomic E-state index is 0. The molecule has 2 aromatic carbocycles. The van der Waals surface area contributed by atoms with Gasteiger partial charge in [-0.15, -0.1) is 12.4 Å². The van der Waals surface area contributed by atoms with E-state index in [1.54, 1.807) is 43.5 Å². The zero-order chi connectivity index (χ0) is 32.8. The molecular weight excluding hydrogens is 636 g/mol. The second kappa shape index (κ2) is 13.1. The molecule has 4 N–H and O–H groups in total. The first-order valence-electron chi connectivity index (χ1n) is 15.1. The number of methoxy groups -OCH3 is 1. The molecule has 1 fully saturated rings. The molecule has 1 spiro atoms. The average Bonchev–Trinajstić information content (AvgIpc) is 3.39. The normalized spacial score (nSPS) is 26.3. The van der Waals surface area contributed by atoms with E-state index in [0.29, 0.717) is 36.4 Å². The number of carboxylic acid groups (broad SMARTS) is 1. The van der Waals surface area contributed by atoms with Crippen molar-refractivity contribution in [2.75, 3.05) is 27.2 Å². The van der Waals surface area contributed by atoms with Crippen LogP contribution in [0.25, 0.3) is 0 Å². The lowest BCUT2D eigenvalue weighted by Crippen LogP contribution is -2.74. The minimum atomic E-state index is -1.87. The molecule has 6 rings (SSSR count). The van der Waals surface area contributed by atoms with Gasteiger partial charge in [-0.1, -0.05) is 36.4 Å². The fourth-order valence-corrected chi connectivity index (χ4v) is 7.47. The van der Waals surface area contributed by atoms with Gasteiger partial charge in [0.15, 0.2) is 23.7 Å². The Bertz CT molecular complexity index is 1600. The van der Waals surface area contributed by atoms with Crippen molar-refractivity contribution in [3.63, 3.8) is 0 Å². The van der Waals surface area contributed by atoms with E-state index in [1.807, 2.05) is 19.2 Å². The lowest BCUT2D eigenvalue weighted by atomic mass is 9.50. The van der Waals surface area contributed by atoms with E-state index < -0.39 is 59.6 Å². The Morgan fingerprint density at radius 3 is 2.60 bits per heavy atom. The van der Waals surface area contributed by atoms with Crippen LogP contribution in [-0.4, -0.2) is 95.1 Å². The molecule has 1 saturated heterocycles. The first-order chi connectivity index (χ1) is 22.0. The first-order valence-corrected chi connectivity index (χ1v) is 15.1. The van der Waals surface area contributed by atoms with Gasteiger partial charge in [0.2, 0.25) is 12.0 Å². The number of carboxylic acids is 1. The highest BCUT2D eigenvalue weighted by atomic mass is 35.5. The number of carbonyl (C=O) groups is 4. The summed E-state index contributed by atoms with van der Waals surface area (Å²) in [5, 5.41) is 32.9. The second-order valence-electron chi connectivity index (χ2n) is 12.1. The van der Waals surface area contributed by atoms with Crippen molar-refractivity contribution in [3.05, 3.63) is 71.0 Å². The molecule has 6 atom stereocenters. The number of aliphatic carboxylic acids is 1. The van der Waals surface area contributed by atoms with E-state index >= 15 is 0 Å². The molecule has 2 unspecified atom stereocenters. The number of nitrogens with one attached hydrogen (secondary N) is 1. The van der Waals surface area contributed by atoms with Crippen LogP contribution < -0.4 is 14.8 Å². The average molecular weight is 673 g/mol. The van der Waals surface area contributed by atoms with E-state index in [4.69, 9.17) is 24.1 Å². The number of likely N-dealkylation sites (tertiary alicyclic amines) is 1. The molecule has 47 heavy (non-hydrogen) atoms. The van der Waals surface area contributed by atoms with Crippen molar-refractivity contribution < 1.29 is 53.4 Å². The van der Waals surface area contributed by atoms with Crippen LogP contribution in [0.2, 0.25) is 0 Å². The summed E-state index contributed by atoms with van der Waals surface area (Å²) in [5.74, 6) is -2.73. The van der Waals surface area contributed by atoms with Gasteiger partial charge in [-0.05, 0) is 44.1 Å². The van der Waals surface area contributed by atoms with Crippen LogP contribution in [0.5, 0.6) is 11.5 Å². The number of hydrogen-bond acceptors (Lipinski definition) is 11. The van der Waals surface area contributed by atoms with Gasteiger partial charge in [-0.25, -0.2) is 9.59 Å². The van der Waals surface area contributed by atoms with Crippen molar-refractivity contribution in [1.29, 1.82) is 0 Å². The van der Waals surface area contributed by atoms with Crippen molar-refractivity contribution in [1.82, 2.24) is 10.2 Å². The largest absolute Gasteiger partial charge is 0.493 e. The Morgan fingerprint density at radius 1 is 1.15 bits per heavy atom. The third-order valence-electron chi connectivity index (χ3n) is 9.66. The highest BCUT2D eigenvalue weighted by Crippen LogP contribution is 2.65. The highest BCUT2D eigenvalue weighted by molar-refractivity contribution is 5.85. The molecule has 14 heteroatoms. The minimum Gasteiger partial charge on any atom is -0.493 e. The maximum atomic E-state index is 13.8. The molecule has 0 saturated carbocycles. The van der Waals surface area contributed by atoms with E-state index in [0.717, 1.165) is 11.1 Å². The number of likely N-dealkylation sites (N-methyl/N-ethyl adjacent to an activating group) is 1. The van der Waals surface area contributed by atoms with Gasteiger partial charge in [-0.3, -0.25) is 9.59 Å². The van der Waals surface area contributed by atoms with Crippen LogP contribution in [0.3, 0.4) is 0 Å². The molecule has 0 aromatic heterocycles. The molecule has 2 aliphatic carbocycles. The molecule has 0 radical (unpaired) electrons. The highest BCUT2D eigenvalue weighted by Gasteiger charge is 2.72. The maximum Gasteiger partial charge on any atom is 0.357 e. The number of piperidine rings is 1. The number of ether oxygens (including phenoxy) is 4. The topological polar surface area (TPSA) is 181 Å². The lowest BCUT2D eigenvalue weighted by molar-refractivity contribution is -0.176. The predicted molar refractivity (Wildman–Crippen MR) is 166 cm³/mol. The van der Waals surface area contributed by atoms with Crippen LogP contribution in [0.1, 0.15) is 48.5 Å². The van der Waals surface area contributed by atoms with E-state index in [-0.39, 0.29) is 43.6 Å². The number of carbonyl (C=O) groups excluding carboxylic acids is 3. The summed E-state index contributed by atoms with van der Waals surface area (Å²) in [5.41, 5.74) is 0.206. The van der Waals surface area contributed by atoms with Gasteiger partial charge in [0, 0.05) is 30.1 Å². The number of amides is 1. The zero-order valence-corrected chi connectivity index (χ0v) is 26.7. The lowest BCUT2D eigenvalue weighted by Gasteiger charge is -2.61. The molecule has 1 amide bonds. The van der Waals surface area contributed by atoms with Gasteiger partial charge in [0.1, 0.15) is 5.76 Å². The summed E-state index contributed by atoms with van der Waals surface area (Å²) in [7, 11) is 3.55. The molecule has 252 valence electrons. The van der Waals surface area contributed by atoms with Gasteiger partial charge in [0.05, 0.1) is 31.0 Å². The number of nitrogens with zero attached hydrogens (tertiary/aromatic N) is 1. The number of aliphatic hydroxyl groups excluding tert-OH is 1. The number of aliphatic hydroxyl groups is 2. The summed E-state index contributed by atoms with van der Waals surface area (Å²) in [6.45, 7) is 0.487. The van der Waals surface area contributed by atoms with Crippen molar-refractivity contribution in [2.45, 2.75) is 67.5 Å². The van der Waals surface area contributed by atoms with Crippen molar-refractivity contribution >= 4 is 36.2 Å². The predicted octanol–water partition coefficient (Wildman–Crippen LogP) is 1.56. The third kappa shape index (κ3) is 5.71. The third-order valence-corrected chi connectivity index (χ3v) is 9.66. The van der Waals surface area contributed by atoms with Gasteiger partial charge in [-0.2, -0.15) is 0 Å². The number of hydrogen-bond donors (Lipinski definition) is 4. The van der Waals surface area contributed by atoms with E-state index in [9.17, 15) is 29.4 Å². The summed E-state index contributed by atoms with van der Waals surface area (Å²) in [4.78, 5) is 51.5. The van der Waals surface area contributed by atoms with Crippen molar-refractivity contribution in [2.24, 2.45) is 0 Å². The van der Waals surface area contributed by atoms with Crippen LogP contribution in [-0.2, 0) is 40.5 Å². The maximum absolute atomic E-state index is 13.8. The SMILES string of the molecule is COc1ccc2c3c1O[C@H]1C(OC(=O)C(OC(=O)CCNC(=O)CC(O)C(=O)O)c4ccccc4)=CC[C@@]4(O)[C@@H](C2)N(C)CC[C@]314.Cl. The Balaban J connectivity index is 0.00000433. The van der Waals surface area contributed by atoms with Gasteiger partial charge >= 0.3 is 17.9 Å². The Hall–Kier alpha value is -4.17. The summed E-state index contributed by atoms with van der Waals surface area (Å²) in [6, 6.07) is 12.0. The fourth-order valence-electron chi connectivity index (χ4n) is 7.47. The number of rotatable bonds is 11. The molecule has 4 aliphatic rings. The van der Waals surface area contributed by atoms with E-state index in [2.05, 4.69) is 10.2 Å². The van der Waals surface area contributed by atoms with Crippen LogP contribution in [0.15, 0.2) is 54.3 Å². The molecule has 2 aliphatic heterocycles.